The van der Waals surface area contributed by atoms with Crippen molar-refractivity contribution in [3.63, 3.8) is 0 Å². The van der Waals surface area contributed by atoms with Crippen molar-refractivity contribution in [3.8, 4) is 11.3 Å². The Morgan fingerprint density at radius 2 is 2.03 bits per heavy atom. The monoisotopic (exact) mass is 407 g/mol. The minimum Gasteiger partial charge on any atom is -0.298 e. The van der Waals surface area contributed by atoms with Crippen molar-refractivity contribution in [2.75, 3.05) is 5.32 Å². The number of hydrogen-bond donors (Lipinski definition) is 1. The van der Waals surface area contributed by atoms with Gasteiger partial charge < -0.3 is 0 Å². The van der Waals surface area contributed by atoms with Crippen LogP contribution in [0.2, 0.25) is 0 Å². The molecule has 0 saturated carbocycles. The van der Waals surface area contributed by atoms with Gasteiger partial charge >= 0.3 is 0 Å². The Hall–Kier alpha value is -3.32. The molecule has 1 aromatic heterocycles. The number of hydrogen-bond acceptors (Lipinski definition) is 5. The van der Waals surface area contributed by atoms with Gasteiger partial charge in [0.25, 0.3) is 5.69 Å². The smallest absolute Gasteiger partial charge is 0.270 e. The number of benzene rings is 2. The first-order valence-corrected chi connectivity index (χ1v) is 10.1. The topological polar surface area (TPSA) is 85.1 Å². The Kier molecular flexibility index (Phi) is 6.51. The van der Waals surface area contributed by atoms with E-state index in [9.17, 15) is 14.9 Å². The third-order valence-electron chi connectivity index (χ3n) is 4.63. The largest absolute Gasteiger partial charge is 0.298 e. The van der Waals surface area contributed by atoms with E-state index >= 15 is 0 Å². The Labute approximate surface area is 173 Å². The lowest BCUT2D eigenvalue weighted by molar-refractivity contribution is -0.384. The fourth-order valence-corrected chi connectivity index (χ4v) is 3.47. The van der Waals surface area contributed by atoms with Crippen molar-refractivity contribution in [3.05, 3.63) is 81.2 Å². The van der Waals surface area contributed by atoms with E-state index in [1.165, 1.54) is 41.2 Å². The molecule has 1 atom stereocenters. The number of anilines is 1. The summed E-state index contributed by atoms with van der Waals surface area (Å²) in [5.74, 6) is 0.177. The first-order chi connectivity index (χ1) is 14.0. The Morgan fingerprint density at radius 3 is 2.72 bits per heavy atom. The average Bonchev–Trinajstić information content (AvgIpc) is 3.20. The molecule has 0 radical (unpaired) electrons. The van der Waals surface area contributed by atoms with Crippen LogP contribution in [0.4, 0.5) is 10.8 Å². The highest BCUT2D eigenvalue weighted by Crippen LogP contribution is 2.27. The second kappa shape index (κ2) is 9.25. The van der Waals surface area contributed by atoms with Gasteiger partial charge in [-0.1, -0.05) is 50.2 Å². The molecule has 0 saturated heterocycles. The van der Waals surface area contributed by atoms with Crippen LogP contribution in [0.3, 0.4) is 0 Å². The summed E-state index contributed by atoms with van der Waals surface area (Å²) >= 11 is 1.35. The summed E-state index contributed by atoms with van der Waals surface area (Å²) in [7, 11) is 0. The maximum absolute atomic E-state index is 12.1. The van der Waals surface area contributed by atoms with Crippen molar-refractivity contribution in [2.45, 2.75) is 26.2 Å². The van der Waals surface area contributed by atoms with Gasteiger partial charge in [-0.15, -0.1) is 11.3 Å². The second-order valence-electron chi connectivity index (χ2n) is 6.64. The summed E-state index contributed by atoms with van der Waals surface area (Å²) in [5.41, 5.74) is 3.67. The molecule has 2 aromatic carbocycles. The number of carbonyl (C=O) groups excluding carboxylic acids is 1. The van der Waals surface area contributed by atoms with Crippen molar-refractivity contribution in [2.24, 2.45) is 0 Å². The molecule has 0 bridgehead atoms. The van der Waals surface area contributed by atoms with Crippen LogP contribution in [-0.4, -0.2) is 15.8 Å². The lowest BCUT2D eigenvalue weighted by atomic mass is 9.97. The molecule has 7 heteroatoms. The highest BCUT2D eigenvalue weighted by Gasteiger charge is 2.09. The van der Waals surface area contributed by atoms with E-state index in [-0.39, 0.29) is 11.6 Å². The van der Waals surface area contributed by atoms with E-state index in [1.54, 1.807) is 12.1 Å². The third-order valence-corrected chi connectivity index (χ3v) is 5.39. The molecule has 3 rings (SSSR count). The zero-order valence-corrected chi connectivity index (χ0v) is 17.0. The van der Waals surface area contributed by atoms with Crippen molar-refractivity contribution >= 4 is 34.1 Å². The molecule has 0 spiro atoms. The van der Waals surface area contributed by atoms with E-state index in [0.717, 1.165) is 17.7 Å². The van der Waals surface area contributed by atoms with Gasteiger partial charge in [0, 0.05) is 29.2 Å². The summed E-state index contributed by atoms with van der Waals surface area (Å²) in [4.78, 5) is 27.0. The van der Waals surface area contributed by atoms with Gasteiger partial charge in [0.05, 0.1) is 10.6 Å². The molecule has 0 aliphatic heterocycles. The zero-order chi connectivity index (χ0) is 20.8. The fourth-order valence-electron chi connectivity index (χ4n) is 2.74. The van der Waals surface area contributed by atoms with Gasteiger partial charge in [-0.05, 0) is 29.5 Å². The molecule has 148 valence electrons. The summed E-state index contributed by atoms with van der Waals surface area (Å²) in [6, 6.07) is 14.4. The maximum atomic E-state index is 12.1. The molecule has 1 unspecified atom stereocenters. The van der Waals surface area contributed by atoms with Gasteiger partial charge in [0.1, 0.15) is 0 Å². The van der Waals surface area contributed by atoms with Gasteiger partial charge in [0.15, 0.2) is 5.13 Å². The van der Waals surface area contributed by atoms with E-state index in [2.05, 4.69) is 36.3 Å². The SMILES string of the molecule is CCC(C)c1ccc(-c2csc(NC(=O)C=Cc3cccc([N+](=O)[O-])c3)n2)cc1. The number of nitrogens with zero attached hydrogens (tertiary/aromatic N) is 2. The lowest BCUT2D eigenvalue weighted by Crippen LogP contribution is -2.07. The highest BCUT2D eigenvalue weighted by molar-refractivity contribution is 7.14. The van der Waals surface area contributed by atoms with Gasteiger partial charge in [-0.2, -0.15) is 0 Å². The number of amides is 1. The molecule has 1 N–H and O–H groups in total. The molecule has 0 fully saturated rings. The number of nitrogens with one attached hydrogen (secondary N) is 1. The van der Waals surface area contributed by atoms with Crippen LogP contribution in [0.25, 0.3) is 17.3 Å². The second-order valence-corrected chi connectivity index (χ2v) is 7.50. The summed E-state index contributed by atoms with van der Waals surface area (Å²) in [6.07, 6.45) is 3.96. The molecular weight excluding hydrogens is 386 g/mol. The van der Waals surface area contributed by atoms with Gasteiger partial charge in [0.2, 0.25) is 5.91 Å². The van der Waals surface area contributed by atoms with Crippen molar-refractivity contribution in [1.29, 1.82) is 0 Å². The summed E-state index contributed by atoms with van der Waals surface area (Å²) in [5, 5.41) is 15.9. The number of nitro benzene ring substituents is 1. The molecule has 0 aliphatic rings. The minimum atomic E-state index is -0.468. The Balaban J connectivity index is 1.64. The van der Waals surface area contributed by atoms with Crippen molar-refractivity contribution < 1.29 is 9.72 Å². The summed E-state index contributed by atoms with van der Waals surface area (Å²) < 4.78 is 0. The van der Waals surface area contributed by atoms with Crippen LogP contribution >= 0.6 is 11.3 Å². The normalized spacial score (nSPS) is 12.1. The molecule has 29 heavy (non-hydrogen) atoms. The van der Waals surface area contributed by atoms with Crippen LogP contribution in [0.5, 0.6) is 0 Å². The number of thiazole rings is 1. The number of carbonyl (C=O) groups is 1. The zero-order valence-electron chi connectivity index (χ0n) is 16.2. The quantitative estimate of drug-likeness (QED) is 0.301. The van der Waals surface area contributed by atoms with E-state index in [1.807, 2.05) is 17.5 Å². The highest BCUT2D eigenvalue weighted by atomic mass is 32.1. The van der Waals surface area contributed by atoms with Crippen molar-refractivity contribution in [1.82, 2.24) is 4.98 Å². The van der Waals surface area contributed by atoms with Crippen LogP contribution in [0.15, 0.2) is 60.0 Å². The van der Waals surface area contributed by atoms with Crippen LogP contribution in [0, 0.1) is 10.1 Å². The maximum Gasteiger partial charge on any atom is 0.270 e. The Bertz CT molecular complexity index is 1040. The number of nitro groups is 1. The van der Waals surface area contributed by atoms with Gasteiger partial charge in [-0.25, -0.2) is 4.98 Å². The molecule has 0 aliphatic carbocycles. The molecule has 1 heterocycles. The number of rotatable bonds is 7. The standard InChI is InChI=1S/C22H21N3O3S/c1-3-15(2)17-8-10-18(11-9-17)20-14-29-22(23-20)24-21(26)12-7-16-5-4-6-19(13-16)25(27)28/h4-15H,3H2,1-2H3,(H,23,24,26). The van der Waals surface area contributed by atoms with Crippen LogP contribution < -0.4 is 5.32 Å². The van der Waals surface area contributed by atoms with E-state index in [4.69, 9.17) is 0 Å². The molecule has 3 aromatic rings. The number of non-ortho nitro benzene ring substituents is 1. The Morgan fingerprint density at radius 1 is 1.28 bits per heavy atom. The first-order valence-electron chi connectivity index (χ1n) is 9.25. The fraction of sp³-hybridized carbons (Fsp3) is 0.182. The van der Waals surface area contributed by atoms with Crippen LogP contribution in [0.1, 0.15) is 37.3 Å². The predicted octanol–water partition coefficient (Wildman–Crippen LogP) is 5.88. The molecule has 6 nitrogen and oxygen atoms in total. The van der Waals surface area contributed by atoms with E-state index < -0.39 is 4.92 Å². The molecular formula is C22H21N3O3S. The third kappa shape index (κ3) is 5.36. The summed E-state index contributed by atoms with van der Waals surface area (Å²) in [6.45, 7) is 4.37. The van der Waals surface area contributed by atoms with Crippen LogP contribution in [-0.2, 0) is 4.79 Å². The molecule has 1 amide bonds. The number of aromatic nitrogens is 1. The predicted molar refractivity (Wildman–Crippen MR) is 117 cm³/mol. The van der Waals surface area contributed by atoms with E-state index in [0.29, 0.717) is 16.6 Å². The minimum absolute atomic E-state index is 0.0172. The first kappa shape index (κ1) is 20.4. The van der Waals surface area contributed by atoms with Gasteiger partial charge in [-0.3, -0.25) is 20.2 Å². The lowest BCUT2D eigenvalue weighted by Gasteiger charge is -2.08. The average molecular weight is 407 g/mol.